The standard InChI is InChI=1S/C9H10N4O3/c1-9(2,8(14)15)13-7(10-11-12-13)6-3-4-16-5-6/h3-5H,1-2H3,(H,14,15). The molecule has 2 aromatic heterocycles. The number of carboxylic acid groups (broad SMARTS) is 1. The number of carboxylic acids is 1. The fourth-order valence-electron chi connectivity index (χ4n) is 1.23. The Kier molecular flexibility index (Phi) is 2.22. The first kappa shape index (κ1) is 10.3. The topological polar surface area (TPSA) is 94.0 Å². The predicted molar refractivity (Wildman–Crippen MR) is 52.5 cm³/mol. The molecule has 0 aromatic carbocycles. The van der Waals surface area contributed by atoms with Gasteiger partial charge in [0.05, 0.1) is 11.8 Å². The molecule has 0 atom stereocenters. The number of carbonyl (C=O) groups is 1. The smallest absolute Gasteiger partial charge is 0.331 e. The second kappa shape index (κ2) is 3.44. The van der Waals surface area contributed by atoms with E-state index in [0.29, 0.717) is 11.4 Å². The van der Waals surface area contributed by atoms with E-state index >= 15 is 0 Å². The molecule has 0 amide bonds. The summed E-state index contributed by atoms with van der Waals surface area (Å²) in [5, 5.41) is 20.1. The van der Waals surface area contributed by atoms with E-state index in [9.17, 15) is 4.79 Å². The molecule has 0 aliphatic heterocycles. The van der Waals surface area contributed by atoms with Gasteiger partial charge in [0.25, 0.3) is 0 Å². The van der Waals surface area contributed by atoms with Crippen LogP contribution in [0.4, 0.5) is 0 Å². The van der Waals surface area contributed by atoms with Crippen molar-refractivity contribution in [1.29, 1.82) is 0 Å². The van der Waals surface area contributed by atoms with Crippen molar-refractivity contribution in [2.75, 3.05) is 0 Å². The molecule has 16 heavy (non-hydrogen) atoms. The molecule has 0 fully saturated rings. The molecule has 2 rings (SSSR count). The zero-order valence-corrected chi connectivity index (χ0v) is 8.78. The molecule has 2 heterocycles. The van der Waals surface area contributed by atoms with Gasteiger partial charge in [0.1, 0.15) is 6.26 Å². The van der Waals surface area contributed by atoms with E-state index in [1.54, 1.807) is 6.07 Å². The lowest BCUT2D eigenvalue weighted by Crippen LogP contribution is -2.37. The molecule has 0 saturated carbocycles. The summed E-state index contributed by atoms with van der Waals surface area (Å²) in [6, 6.07) is 1.67. The van der Waals surface area contributed by atoms with Gasteiger partial charge >= 0.3 is 5.97 Å². The van der Waals surface area contributed by atoms with Crippen molar-refractivity contribution >= 4 is 5.97 Å². The van der Waals surface area contributed by atoms with Gasteiger partial charge in [0.2, 0.25) is 0 Å². The van der Waals surface area contributed by atoms with Crippen LogP contribution in [-0.4, -0.2) is 31.3 Å². The molecule has 0 aliphatic carbocycles. The van der Waals surface area contributed by atoms with E-state index in [1.165, 1.54) is 31.1 Å². The van der Waals surface area contributed by atoms with Gasteiger partial charge in [-0.25, -0.2) is 9.48 Å². The lowest BCUT2D eigenvalue weighted by Gasteiger charge is -2.19. The Labute approximate surface area is 90.7 Å². The molecule has 1 N–H and O–H groups in total. The second-order valence-electron chi connectivity index (χ2n) is 3.79. The molecule has 0 radical (unpaired) electrons. The molecular weight excluding hydrogens is 212 g/mol. The Balaban J connectivity index is 2.52. The monoisotopic (exact) mass is 222 g/mol. The number of furan rings is 1. The van der Waals surface area contributed by atoms with Gasteiger partial charge in [-0.1, -0.05) is 0 Å². The van der Waals surface area contributed by atoms with Crippen LogP contribution in [0.25, 0.3) is 11.4 Å². The Bertz CT molecular complexity index is 501. The summed E-state index contributed by atoms with van der Waals surface area (Å²) in [7, 11) is 0. The summed E-state index contributed by atoms with van der Waals surface area (Å²) in [5.74, 6) is -0.648. The second-order valence-corrected chi connectivity index (χ2v) is 3.79. The summed E-state index contributed by atoms with van der Waals surface area (Å²) < 4.78 is 6.16. The van der Waals surface area contributed by atoms with E-state index in [2.05, 4.69) is 15.5 Å². The number of aromatic nitrogens is 4. The maximum atomic E-state index is 11.1. The molecule has 0 bridgehead atoms. The third-order valence-electron chi connectivity index (χ3n) is 2.30. The predicted octanol–water partition coefficient (Wildman–Crippen LogP) is 0.753. The summed E-state index contributed by atoms with van der Waals surface area (Å²) in [6.45, 7) is 3.05. The van der Waals surface area contributed by atoms with Gasteiger partial charge in [-0.05, 0) is 30.3 Å². The Morgan fingerprint density at radius 3 is 2.88 bits per heavy atom. The molecule has 7 heteroatoms. The minimum Gasteiger partial charge on any atom is -0.479 e. The van der Waals surface area contributed by atoms with Crippen LogP contribution in [0.5, 0.6) is 0 Å². The highest BCUT2D eigenvalue weighted by atomic mass is 16.4. The van der Waals surface area contributed by atoms with E-state index in [4.69, 9.17) is 9.52 Å². The Morgan fingerprint density at radius 2 is 2.31 bits per heavy atom. The number of nitrogens with zero attached hydrogens (tertiary/aromatic N) is 4. The first-order valence-electron chi connectivity index (χ1n) is 4.58. The van der Waals surface area contributed by atoms with Crippen molar-refractivity contribution in [3.63, 3.8) is 0 Å². The zero-order valence-electron chi connectivity index (χ0n) is 8.78. The van der Waals surface area contributed by atoms with Crippen LogP contribution in [0.15, 0.2) is 23.0 Å². The fourth-order valence-corrected chi connectivity index (χ4v) is 1.23. The van der Waals surface area contributed by atoms with E-state index in [0.717, 1.165) is 0 Å². The van der Waals surface area contributed by atoms with Crippen LogP contribution in [-0.2, 0) is 10.3 Å². The van der Waals surface area contributed by atoms with Crippen LogP contribution in [0.1, 0.15) is 13.8 Å². The summed E-state index contributed by atoms with van der Waals surface area (Å²) >= 11 is 0. The van der Waals surface area contributed by atoms with Crippen LogP contribution in [0.3, 0.4) is 0 Å². The summed E-state index contributed by atoms with van der Waals surface area (Å²) in [6.07, 6.45) is 2.93. The zero-order chi connectivity index (χ0) is 11.8. The summed E-state index contributed by atoms with van der Waals surface area (Å²) in [4.78, 5) is 11.1. The van der Waals surface area contributed by atoms with Crippen molar-refractivity contribution in [2.24, 2.45) is 0 Å². The molecule has 0 unspecified atom stereocenters. The van der Waals surface area contributed by atoms with Gasteiger partial charge in [0.15, 0.2) is 11.4 Å². The molecule has 7 nitrogen and oxygen atoms in total. The number of tetrazole rings is 1. The van der Waals surface area contributed by atoms with Crippen LogP contribution in [0.2, 0.25) is 0 Å². The number of hydrogen-bond donors (Lipinski definition) is 1. The van der Waals surface area contributed by atoms with Crippen molar-refractivity contribution in [1.82, 2.24) is 20.2 Å². The highest BCUT2D eigenvalue weighted by Gasteiger charge is 2.33. The molecule has 84 valence electrons. The van der Waals surface area contributed by atoms with Gasteiger partial charge in [-0.2, -0.15) is 0 Å². The molecule has 2 aromatic rings. The van der Waals surface area contributed by atoms with E-state index in [1.807, 2.05) is 0 Å². The average molecular weight is 222 g/mol. The highest BCUT2D eigenvalue weighted by Crippen LogP contribution is 2.22. The SMILES string of the molecule is CC(C)(C(=O)O)n1nnnc1-c1ccoc1. The third-order valence-corrected chi connectivity index (χ3v) is 2.30. The van der Waals surface area contributed by atoms with Crippen molar-refractivity contribution in [3.8, 4) is 11.4 Å². The fraction of sp³-hybridized carbons (Fsp3) is 0.333. The lowest BCUT2D eigenvalue weighted by molar-refractivity contribution is -0.146. The minimum atomic E-state index is -1.21. The van der Waals surface area contributed by atoms with Gasteiger partial charge < -0.3 is 9.52 Å². The first-order chi connectivity index (χ1) is 7.53. The maximum absolute atomic E-state index is 11.1. The molecular formula is C9H10N4O3. The van der Waals surface area contributed by atoms with Crippen molar-refractivity contribution in [3.05, 3.63) is 18.6 Å². The maximum Gasteiger partial charge on any atom is 0.331 e. The molecule has 0 saturated heterocycles. The van der Waals surface area contributed by atoms with E-state index in [-0.39, 0.29) is 0 Å². The van der Waals surface area contributed by atoms with Gasteiger partial charge in [-0.3, -0.25) is 0 Å². The van der Waals surface area contributed by atoms with Crippen LogP contribution >= 0.6 is 0 Å². The summed E-state index contributed by atoms with van der Waals surface area (Å²) in [5.41, 5.74) is -0.574. The van der Waals surface area contributed by atoms with E-state index < -0.39 is 11.5 Å². The normalized spacial score (nSPS) is 11.6. The third kappa shape index (κ3) is 1.46. The minimum absolute atomic E-state index is 0.362. The van der Waals surface area contributed by atoms with Gasteiger partial charge in [-0.15, -0.1) is 5.10 Å². The number of hydrogen-bond acceptors (Lipinski definition) is 5. The number of aliphatic carboxylic acids is 1. The van der Waals surface area contributed by atoms with Crippen LogP contribution < -0.4 is 0 Å². The van der Waals surface area contributed by atoms with Gasteiger partial charge in [0, 0.05) is 0 Å². The lowest BCUT2D eigenvalue weighted by atomic mass is 10.1. The highest BCUT2D eigenvalue weighted by molar-refractivity contribution is 5.76. The largest absolute Gasteiger partial charge is 0.479 e. The van der Waals surface area contributed by atoms with Crippen molar-refractivity contribution < 1.29 is 14.3 Å². The Hall–Kier alpha value is -2.18. The van der Waals surface area contributed by atoms with Crippen LogP contribution in [0, 0.1) is 0 Å². The number of rotatable bonds is 3. The molecule has 0 spiro atoms. The average Bonchev–Trinajstić information content (AvgIpc) is 2.88. The quantitative estimate of drug-likeness (QED) is 0.823. The first-order valence-corrected chi connectivity index (χ1v) is 4.58. The molecule has 0 aliphatic rings. The van der Waals surface area contributed by atoms with Crippen molar-refractivity contribution in [2.45, 2.75) is 19.4 Å². The Morgan fingerprint density at radius 1 is 1.56 bits per heavy atom.